The van der Waals surface area contributed by atoms with Crippen LogP contribution >= 0.6 is 0 Å². The van der Waals surface area contributed by atoms with E-state index >= 15 is 0 Å². The molecule has 0 unspecified atom stereocenters. The van der Waals surface area contributed by atoms with E-state index in [9.17, 15) is 4.79 Å². The lowest BCUT2D eigenvalue weighted by Gasteiger charge is -2.23. The highest BCUT2D eigenvalue weighted by Crippen LogP contribution is 2.13. The van der Waals surface area contributed by atoms with E-state index in [1.807, 2.05) is 36.4 Å². The average molecular weight is 284 g/mol. The molecule has 4 nitrogen and oxygen atoms in total. The highest BCUT2D eigenvalue weighted by molar-refractivity contribution is 5.57. The fraction of sp³-hybridized carbons (Fsp3) is 0.412. The number of quaternary nitrogens is 1. The van der Waals surface area contributed by atoms with Crippen LogP contribution in [0.2, 0.25) is 0 Å². The molecule has 110 valence electrons. The molecule has 0 radical (unpaired) electrons. The van der Waals surface area contributed by atoms with Crippen molar-refractivity contribution < 1.29 is 4.90 Å². The van der Waals surface area contributed by atoms with Gasteiger partial charge in [0.1, 0.15) is 0 Å². The Morgan fingerprint density at radius 2 is 1.76 bits per heavy atom. The maximum Gasteiger partial charge on any atom is 0.266 e. The number of hydrogen-bond donors (Lipinski definition) is 1. The van der Waals surface area contributed by atoms with Gasteiger partial charge in [-0.15, -0.1) is 0 Å². The van der Waals surface area contributed by atoms with Crippen LogP contribution in [-0.2, 0) is 6.54 Å². The molecule has 1 saturated heterocycles. The topological polar surface area (TPSA) is 39.3 Å². The summed E-state index contributed by atoms with van der Waals surface area (Å²) in [7, 11) is 0. The van der Waals surface area contributed by atoms with E-state index in [2.05, 4.69) is 5.10 Å². The predicted octanol–water partition coefficient (Wildman–Crippen LogP) is 0.979. The second-order valence-corrected chi connectivity index (χ2v) is 5.71. The summed E-state index contributed by atoms with van der Waals surface area (Å²) in [6.45, 7) is 4.15. The largest absolute Gasteiger partial charge is 0.333 e. The summed E-state index contributed by atoms with van der Waals surface area (Å²) in [6.07, 6.45) is 3.97. The average Bonchev–Trinajstić information content (AvgIpc) is 2.56. The fourth-order valence-corrected chi connectivity index (χ4v) is 2.94. The molecule has 0 amide bonds. The number of hydrogen-bond acceptors (Lipinski definition) is 2. The summed E-state index contributed by atoms with van der Waals surface area (Å²) in [5.41, 5.74) is 1.91. The van der Waals surface area contributed by atoms with Crippen LogP contribution in [0.5, 0.6) is 0 Å². The third-order valence-electron chi connectivity index (χ3n) is 4.17. The van der Waals surface area contributed by atoms with E-state index in [-0.39, 0.29) is 5.56 Å². The van der Waals surface area contributed by atoms with Crippen LogP contribution in [0.3, 0.4) is 0 Å². The van der Waals surface area contributed by atoms with Crippen molar-refractivity contribution in [3.8, 4) is 11.3 Å². The van der Waals surface area contributed by atoms with Crippen molar-refractivity contribution in [3.63, 3.8) is 0 Å². The van der Waals surface area contributed by atoms with Crippen LogP contribution < -0.4 is 10.5 Å². The minimum Gasteiger partial charge on any atom is -0.333 e. The van der Waals surface area contributed by atoms with E-state index in [1.54, 1.807) is 15.6 Å². The molecule has 1 aromatic carbocycles. The molecule has 21 heavy (non-hydrogen) atoms. The Morgan fingerprint density at radius 3 is 2.52 bits per heavy atom. The van der Waals surface area contributed by atoms with Gasteiger partial charge in [0.15, 0.2) is 0 Å². The normalized spacial score (nSPS) is 16.0. The SMILES string of the molecule is O=c1ccc(-c2ccccc2)nn1CC[NH+]1CCCCC1. The molecular weight excluding hydrogens is 262 g/mol. The molecule has 1 aliphatic heterocycles. The molecule has 2 heterocycles. The number of benzene rings is 1. The summed E-state index contributed by atoms with van der Waals surface area (Å²) in [4.78, 5) is 13.6. The molecule has 1 fully saturated rings. The van der Waals surface area contributed by atoms with E-state index in [1.165, 1.54) is 32.4 Å². The number of rotatable bonds is 4. The lowest BCUT2D eigenvalue weighted by atomic mass is 10.1. The van der Waals surface area contributed by atoms with Gasteiger partial charge in [0.25, 0.3) is 5.56 Å². The van der Waals surface area contributed by atoms with Crippen LogP contribution in [0, 0.1) is 0 Å². The monoisotopic (exact) mass is 284 g/mol. The highest BCUT2D eigenvalue weighted by Gasteiger charge is 2.13. The molecule has 0 aliphatic carbocycles. The molecule has 1 N–H and O–H groups in total. The lowest BCUT2D eigenvalue weighted by Crippen LogP contribution is -3.13. The van der Waals surface area contributed by atoms with Gasteiger partial charge >= 0.3 is 0 Å². The zero-order valence-electron chi connectivity index (χ0n) is 12.3. The van der Waals surface area contributed by atoms with Gasteiger partial charge in [-0.3, -0.25) is 4.79 Å². The summed E-state index contributed by atoms with van der Waals surface area (Å²) in [5, 5.41) is 4.52. The van der Waals surface area contributed by atoms with Gasteiger partial charge in [0, 0.05) is 11.6 Å². The minimum atomic E-state index is -0.00825. The van der Waals surface area contributed by atoms with Crippen molar-refractivity contribution in [1.82, 2.24) is 9.78 Å². The van der Waals surface area contributed by atoms with Gasteiger partial charge in [-0.05, 0) is 25.3 Å². The number of likely N-dealkylation sites (tertiary alicyclic amines) is 1. The third-order valence-corrected chi connectivity index (χ3v) is 4.17. The maximum absolute atomic E-state index is 12.0. The van der Waals surface area contributed by atoms with E-state index in [0.717, 1.165) is 17.8 Å². The Labute approximate surface area is 125 Å². The number of nitrogens with zero attached hydrogens (tertiary/aromatic N) is 2. The fourth-order valence-electron chi connectivity index (χ4n) is 2.94. The maximum atomic E-state index is 12.0. The zero-order chi connectivity index (χ0) is 14.5. The second kappa shape index (κ2) is 6.68. The number of nitrogens with one attached hydrogen (secondary N) is 1. The van der Waals surface area contributed by atoms with Gasteiger partial charge in [0.05, 0.1) is 31.9 Å². The van der Waals surface area contributed by atoms with Gasteiger partial charge in [0.2, 0.25) is 0 Å². The Morgan fingerprint density at radius 1 is 1.00 bits per heavy atom. The van der Waals surface area contributed by atoms with Gasteiger partial charge in [-0.1, -0.05) is 30.3 Å². The minimum absolute atomic E-state index is 0.00825. The molecule has 3 rings (SSSR count). The van der Waals surface area contributed by atoms with Crippen LogP contribution in [0.25, 0.3) is 11.3 Å². The molecule has 0 bridgehead atoms. The first-order chi connectivity index (χ1) is 10.3. The molecule has 0 spiro atoms. The molecule has 0 atom stereocenters. The predicted molar refractivity (Wildman–Crippen MR) is 83.3 cm³/mol. The molecule has 1 aromatic heterocycles. The van der Waals surface area contributed by atoms with Crippen molar-refractivity contribution in [2.24, 2.45) is 0 Å². The van der Waals surface area contributed by atoms with Crippen molar-refractivity contribution in [2.45, 2.75) is 25.8 Å². The van der Waals surface area contributed by atoms with Crippen LogP contribution in [0.4, 0.5) is 0 Å². The van der Waals surface area contributed by atoms with Gasteiger partial charge in [-0.2, -0.15) is 5.10 Å². The van der Waals surface area contributed by atoms with Crippen LogP contribution in [0.1, 0.15) is 19.3 Å². The van der Waals surface area contributed by atoms with E-state index < -0.39 is 0 Å². The molecule has 1 aliphatic rings. The second-order valence-electron chi connectivity index (χ2n) is 5.71. The zero-order valence-corrected chi connectivity index (χ0v) is 12.3. The van der Waals surface area contributed by atoms with Gasteiger partial charge < -0.3 is 4.90 Å². The quantitative estimate of drug-likeness (QED) is 0.909. The molecule has 0 saturated carbocycles. The molecular formula is C17H22N3O+. The smallest absolute Gasteiger partial charge is 0.266 e. The Balaban J connectivity index is 1.74. The summed E-state index contributed by atoms with van der Waals surface area (Å²) in [6, 6.07) is 13.4. The van der Waals surface area contributed by atoms with Crippen molar-refractivity contribution >= 4 is 0 Å². The summed E-state index contributed by atoms with van der Waals surface area (Å²) < 4.78 is 1.62. The Hall–Kier alpha value is -1.94. The van der Waals surface area contributed by atoms with Crippen molar-refractivity contribution in [3.05, 3.63) is 52.8 Å². The van der Waals surface area contributed by atoms with Gasteiger partial charge in [-0.25, -0.2) is 4.68 Å². The standard InChI is InChI=1S/C17H21N3O/c21-17-10-9-16(15-7-3-1-4-8-15)18-20(17)14-13-19-11-5-2-6-12-19/h1,3-4,7-10H,2,5-6,11-14H2/p+1. The van der Waals surface area contributed by atoms with Crippen molar-refractivity contribution in [1.29, 1.82) is 0 Å². The Kier molecular flexibility index (Phi) is 4.46. The van der Waals surface area contributed by atoms with Crippen LogP contribution in [-0.4, -0.2) is 29.4 Å². The molecule has 2 aromatic rings. The first kappa shape index (κ1) is 14.0. The summed E-state index contributed by atoms with van der Waals surface area (Å²) >= 11 is 0. The number of aromatic nitrogens is 2. The third kappa shape index (κ3) is 3.58. The van der Waals surface area contributed by atoms with Crippen molar-refractivity contribution in [2.75, 3.05) is 19.6 Å². The summed E-state index contributed by atoms with van der Waals surface area (Å²) in [5.74, 6) is 0. The first-order valence-corrected chi connectivity index (χ1v) is 7.80. The highest BCUT2D eigenvalue weighted by atomic mass is 16.1. The lowest BCUT2D eigenvalue weighted by molar-refractivity contribution is -0.905. The Bertz CT molecular complexity index is 630. The first-order valence-electron chi connectivity index (χ1n) is 7.80. The van der Waals surface area contributed by atoms with E-state index in [4.69, 9.17) is 0 Å². The molecule has 4 heteroatoms. The van der Waals surface area contributed by atoms with Crippen LogP contribution in [0.15, 0.2) is 47.3 Å². The van der Waals surface area contributed by atoms with E-state index in [0.29, 0.717) is 6.54 Å². The number of piperidine rings is 1.